The van der Waals surface area contributed by atoms with Crippen LogP contribution in [-0.2, 0) is 19.9 Å². The van der Waals surface area contributed by atoms with Gasteiger partial charge in [-0.2, -0.15) is 5.10 Å². The third-order valence-corrected chi connectivity index (χ3v) is 5.43. The Labute approximate surface area is 174 Å². The van der Waals surface area contributed by atoms with Crippen molar-refractivity contribution in [2.75, 3.05) is 13.1 Å². The van der Waals surface area contributed by atoms with E-state index < -0.39 is 0 Å². The molecule has 29 heavy (non-hydrogen) atoms. The van der Waals surface area contributed by atoms with Crippen LogP contribution in [0.5, 0.6) is 0 Å². The topological polar surface area (TPSA) is 54.2 Å². The lowest BCUT2D eigenvalue weighted by Gasteiger charge is -2.18. The first-order chi connectivity index (χ1) is 14.0. The zero-order chi connectivity index (χ0) is 20.8. The van der Waals surface area contributed by atoms with Crippen molar-refractivity contribution in [3.8, 4) is 0 Å². The standard InChI is InChI=1S/C24H33N5/c1-6-25-24(27-17(2)16-23-18(3)28-29(5)19(23)4)26-15-14-21-12-9-11-20-10-7-8-13-22(20)21/h7-13,17H,6,14-16H2,1-5H3,(H2,25,26,27). The lowest BCUT2D eigenvalue weighted by molar-refractivity contribution is 0.636. The molecule has 0 bridgehead atoms. The van der Waals surface area contributed by atoms with E-state index in [-0.39, 0.29) is 6.04 Å². The van der Waals surface area contributed by atoms with E-state index >= 15 is 0 Å². The fourth-order valence-corrected chi connectivity index (χ4v) is 3.82. The highest BCUT2D eigenvalue weighted by Gasteiger charge is 2.14. The number of hydrogen-bond donors (Lipinski definition) is 2. The molecule has 0 aliphatic rings. The van der Waals surface area contributed by atoms with Gasteiger partial charge in [-0.3, -0.25) is 9.67 Å². The molecule has 1 aromatic heterocycles. The van der Waals surface area contributed by atoms with Crippen molar-refractivity contribution in [2.24, 2.45) is 12.0 Å². The second-order valence-electron chi connectivity index (χ2n) is 7.67. The fraction of sp³-hybridized carbons (Fsp3) is 0.417. The molecule has 0 radical (unpaired) electrons. The number of nitrogens with zero attached hydrogens (tertiary/aromatic N) is 3. The van der Waals surface area contributed by atoms with Gasteiger partial charge >= 0.3 is 0 Å². The smallest absolute Gasteiger partial charge is 0.191 e. The third-order valence-electron chi connectivity index (χ3n) is 5.43. The first-order valence-electron chi connectivity index (χ1n) is 10.5. The molecule has 154 valence electrons. The summed E-state index contributed by atoms with van der Waals surface area (Å²) in [6.07, 6.45) is 1.85. The van der Waals surface area contributed by atoms with Crippen LogP contribution < -0.4 is 10.6 Å². The van der Waals surface area contributed by atoms with Crippen molar-refractivity contribution in [3.05, 3.63) is 65.0 Å². The Hall–Kier alpha value is -2.82. The molecule has 3 aromatic rings. The minimum atomic E-state index is 0.270. The van der Waals surface area contributed by atoms with Gasteiger partial charge in [-0.15, -0.1) is 0 Å². The van der Waals surface area contributed by atoms with Crippen LogP contribution in [0.3, 0.4) is 0 Å². The number of rotatable bonds is 7. The van der Waals surface area contributed by atoms with Crippen molar-refractivity contribution < 1.29 is 0 Å². The maximum atomic E-state index is 4.82. The Balaban J connectivity index is 1.64. The summed E-state index contributed by atoms with van der Waals surface area (Å²) in [5.41, 5.74) is 5.00. The van der Waals surface area contributed by atoms with E-state index in [0.717, 1.165) is 37.6 Å². The minimum absolute atomic E-state index is 0.270. The average Bonchev–Trinajstić information content (AvgIpc) is 2.94. The molecule has 0 aliphatic carbocycles. The van der Waals surface area contributed by atoms with E-state index in [4.69, 9.17) is 4.99 Å². The van der Waals surface area contributed by atoms with Crippen LogP contribution in [0.4, 0.5) is 0 Å². The molecule has 0 aliphatic heterocycles. The van der Waals surface area contributed by atoms with E-state index in [2.05, 4.69) is 85.9 Å². The second-order valence-corrected chi connectivity index (χ2v) is 7.67. The summed E-state index contributed by atoms with van der Waals surface area (Å²) in [4.78, 5) is 4.82. The predicted molar refractivity (Wildman–Crippen MR) is 123 cm³/mol. The number of nitrogens with one attached hydrogen (secondary N) is 2. The van der Waals surface area contributed by atoms with Crippen LogP contribution in [-0.4, -0.2) is 34.9 Å². The van der Waals surface area contributed by atoms with Gasteiger partial charge < -0.3 is 10.6 Å². The molecule has 1 unspecified atom stereocenters. The predicted octanol–water partition coefficient (Wildman–Crippen LogP) is 3.92. The quantitative estimate of drug-likeness (QED) is 0.474. The molecule has 2 N–H and O–H groups in total. The van der Waals surface area contributed by atoms with Crippen LogP contribution in [0.1, 0.15) is 36.4 Å². The highest BCUT2D eigenvalue weighted by Crippen LogP contribution is 2.19. The van der Waals surface area contributed by atoms with Gasteiger partial charge in [0.2, 0.25) is 0 Å². The van der Waals surface area contributed by atoms with E-state index in [9.17, 15) is 0 Å². The number of aromatic nitrogens is 2. The average molecular weight is 392 g/mol. The van der Waals surface area contributed by atoms with Gasteiger partial charge in [0.15, 0.2) is 5.96 Å². The minimum Gasteiger partial charge on any atom is -0.357 e. The second kappa shape index (κ2) is 9.59. The van der Waals surface area contributed by atoms with Crippen molar-refractivity contribution in [1.29, 1.82) is 0 Å². The molecule has 0 fully saturated rings. The zero-order valence-corrected chi connectivity index (χ0v) is 18.3. The number of aliphatic imine (C=N–C) groups is 1. The molecule has 5 nitrogen and oxygen atoms in total. The summed E-state index contributed by atoms with van der Waals surface area (Å²) in [7, 11) is 2.00. The highest BCUT2D eigenvalue weighted by molar-refractivity contribution is 5.85. The number of guanidine groups is 1. The molecule has 5 heteroatoms. The summed E-state index contributed by atoms with van der Waals surface area (Å²) in [6.45, 7) is 10.1. The van der Waals surface area contributed by atoms with Crippen LogP contribution in [0.2, 0.25) is 0 Å². The normalized spacial score (nSPS) is 12.9. The molecular weight excluding hydrogens is 358 g/mol. The molecule has 3 rings (SSSR count). The summed E-state index contributed by atoms with van der Waals surface area (Å²) in [6, 6.07) is 15.3. The Morgan fingerprint density at radius 2 is 1.90 bits per heavy atom. The molecule has 0 spiro atoms. The Morgan fingerprint density at radius 1 is 1.14 bits per heavy atom. The van der Waals surface area contributed by atoms with Gasteiger partial charge in [0.05, 0.1) is 5.69 Å². The highest BCUT2D eigenvalue weighted by atomic mass is 15.3. The first-order valence-corrected chi connectivity index (χ1v) is 10.5. The Kier molecular flexibility index (Phi) is 6.91. The maximum Gasteiger partial charge on any atom is 0.191 e. The van der Waals surface area contributed by atoms with Crippen molar-refractivity contribution in [3.63, 3.8) is 0 Å². The SMILES string of the molecule is CCNC(=NCCc1cccc2ccccc12)NC(C)Cc1c(C)nn(C)c1C. The molecule has 1 atom stereocenters. The molecular formula is C24H33N5. The number of fused-ring (bicyclic) bond motifs is 1. The summed E-state index contributed by atoms with van der Waals surface area (Å²) >= 11 is 0. The molecule has 0 amide bonds. The number of benzene rings is 2. The van der Waals surface area contributed by atoms with E-state index in [1.807, 2.05) is 11.7 Å². The van der Waals surface area contributed by atoms with Gasteiger partial charge in [-0.25, -0.2) is 0 Å². The molecule has 2 aromatic carbocycles. The van der Waals surface area contributed by atoms with Gasteiger partial charge in [-0.1, -0.05) is 42.5 Å². The largest absolute Gasteiger partial charge is 0.357 e. The fourth-order valence-electron chi connectivity index (χ4n) is 3.82. The van der Waals surface area contributed by atoms with E-state index in [1.165, 1.54) is 27.6 Å². The van der Waals surface area contributed by atoms with Crippen LogP contribution in [0.15, 0.2) is 47.5 Å². The summed E-state index contributed by atoms with van der Waals surface area (Å²) in [5.74, 6) is 0.874. The maximum absolute atomic E-state index is 4.82. The van der Waals surface area contributed by atoms with E-state index in [1.54, 1.807) is 0 Å². The number of hydrogen-bond acceptors (Lipinski definition) is 2. The van der Waals surface area contributed by atoms with E-state index in [0.29, 0.717) is 0 Å². The van der Waals surface area contributed by atoms with Gasteiger partial charge in [0.25, 0.3) is 0 Å². The van der Waals surface area contributed by atoms with Gasteiger partial charge in [0.1, 0.15) is 0 Å². The van der Waals surface area contributed by atoms with Crippen molar-refractivity contribution >= 4 is 16.7 Å². The van der Waals surface area contributed by atoms with Crippen LogP contribution in [0, 0.1) is 13.8 Å². The summed E-state index contributed by atoms with van der Waals surface area (Å²) in [5, 5.41) is 14.1. The van der Waals surface area contributed by atoms with Crippen LogP contribution in [0.25, 0.3) is 10.8 Å². The van der Waals surface area contributed by atoms with Crippen LogP contribution >= 0.6 is 0 Å². The van der Waals surface area contributed by atoms with Gasteiger partial charge in [-0.05, 0) is 62.4 Å². The van der Waals surface area contributed by atoms with Gasteiger partial charge in [0, 0.05) is 31.9 Å². The van der Waals surface area contributed by atoms with Crippen molar-refractivity contribution in [1.82, 2.24) is 20.4 Å². The molecule has 1 heterocycles. The Bertz CT molecular complexity index is 981. The Morgan fingerprint density at radius 3 is 2.62 bits per heavy atom. The lowest BCUT2D eigenvalue weighted by atomic mass is 10.0. The number of aryl methyl sites for hydroxylation is 2. The lowest BCUT2D eigenvalue weighted by Crippen LogP contribution is -2.43. The van der Waals surface area contributed by atoms with Crippen molar-refractivity contribution in [2.45, 2.75) is 46.6 Å². The monoisotopic (exact) mass is 391 g/mol. The molecule has 0 saturated heterocycles. The molecule has 0 saturated carbocycles. The third kappa shape index (κ3) is 5.17. The summed E-state index contributed by atoms with van der Waals surface area (Å²) < 4.78 is 1.96. The first kappa shape index (κ1) is 20.9. The zero-order valence-electron chi connectivity index (χ0n) is 18.3.